The zero-order valence-corrected chi connectivity index (χ0v) is 21.7. The fraction of sp³-hybridized carbons (Fsp3) is 0.480. The van der Waals surface area contributed by atoms with Crippen molar-refractivity contribution in [2.45, 2.75) is 38.2 Å². The van der Waals surface area contributed by atoms with Gasteiger partial charge in [-0.25, -0.2) is 23.9 Å². The quantitative estimate of drug-likeness (QED) is 0.575. The average molecular weight is 519 g/mol. The molecule has 9 nitrogen and oxygen atoms in total. The van der Waals surface area contributed by atoms with Crippen molar-refractivity contribution in [3.63, 3.8) is 0 Å². The summed E-state index contributed by atoms with van der Waals surface area (Å²) in [4.78, 5) is 37.6. The molecule has 1 fully saturated rings. The van der Waals surface area contributed by atoms with E-state index >= 15 is 0 Å². The second-order valence-electron chi connectivity index (χ2n) is 9.46. The van der Waals surface area contributed by atoms with Gasteiger partial charge in [-0.05, 0) is 45.4 Å². The molecule has 1 unspecified atom stereocenters. The summed E-state index contributed by atoms with van der Waals surface area (Å²) in [6.07, 6.45) is 2.48. The van der Waals surface area contributed by atoms with Crippen molar-refractivity contribution in [1.82, 2.24) is 19.8 Å². The van der Waals surface area contributed by atoms with Crippen molar-refractivity contribution in [3.05, 3.63) is 59.6 Å². The van der Waals surface area contributed by atoms with Crippen LogP contribution in [0.1, 0.15) is 39.0 Å². The largest absolute Gasteiger partial charge is 0.461 e. The van der Waals surface area contributed by atoms with Crippen molar-refractivity contribution < 1.29 is 28.2 Å². The Morgan fingerprint density at radius 2 is 1.92 bits per heavy atom. The van der Waals surface area contributed by atoms with Gasteiger partial charge in [-0.2, -0.15) is 0 Å². The molecular formula is C25H31FN4O5S. The first kappa shape index (κ1) is 26.2. The Morgan fingerprint density at radius 3 is 2.50 bits per heavy atom. The van der Waals surface area contributed by atoms with E-state index in [2.05, 4.69) is 14.9 Å². The predicted molar refractivity (Wildman–Crippen MR) is 133 cm³/mol. The molecule has 1 amide bonds. The van der Waals surface area contributed by atoms with E-state index in [1.54, 1.807) is 46.0 Å². The number of carbonyl (C=O) groups is 2. The van der Waals surface area contributed by atoms with E-state index in [0.29, 0.717) is 49.0 Å². The molecule has 36 heavy (non-hydrogen) atoms. The summed E-state index contributed by atoms with van der Waals surface area (Å²) in [7, 11) is 0. The van der Waals surface area contributed by atoms with Crippen LogP contribution in [-0.4, -0.2) is 76.9 Å². The molecule has 4 rings (SSSR count). The number of carbonyl (C=O) groups excluding carboxylic acids is 2. The van der Waals surface area contributed by atoms with Crippen LogP contribution >= 0.6 is 11.8 Å². The highest BCUT2D eigenvalue weighted by Crippen LogP contribution is 2.57. The van der Waals surface area contributed by atoms with Crippen LogP contribution in [-0.2, 0) is 23.9 Å². The van der Waals surface area contributed by atoms with Gasteiger partial charge in [-0.3, -0.25) is 4.90 Å². The number of esters is 1. The number of benzene rings is 1. The van der Waals surface area contributed by atoms with Crippen LogP contribution in [0.4, 0.5) is 9.18 Å². The van der Waals surface area contributed by atoms with Crippen LogP contribution in [0.5, 0.6) is 0 Å². The van der Waals surface area contributed by atoms with Crippen molar-refractivity contribution in [3.8, 4) is 0 Å². The first-order valence-corrected chi connectivity index (χ1v) is 12.6. The standard InChI is InChI=1S/C25H31FN4O5S/c1-5-34-22(31)20-21(17-6-8-18(26)9-7-17)36-25(19-14-27-16-28-19,15-29-10-12-33-13-11-29)30(20)23(32)35-24(2,3)4/h6-9,14,16H,5,10-13,15H2,1-4H3,(H,27,28). The molecule has 3 heterocycles. The number of hydrogen-bond donors (Lipinski definition) is 1. The summed E-state index contributed by atoms with van der Waals surface area (Å²) < 4.78 is 30.6. The number of aromatic amines is 1. The summed E-state index contributed by atoms with van der Waals surface area (Å²) in [5.74, 6) is -1.07. The number of rotatable bonds is 6. The number of amides is 1. The number of morpholine rings is 1. The van der Waals surface area contributed by atoms with Crippen LogP contribution in [0.3, 0.4) is 0 Å². The molecule has 1 aromatic heterocycles. The van der Waals surface area contributed by atoms with E-state index < -0.39 is 28.4 Å². The first-order valence-electron chi connectivity index (χ1n) is 11.8. The summed E-state index contributed by atoms with van der Waals surface area (Å²) in [5.41, 5.74) is 0.425. The van der Waals surface area contributed by atoms with E-state index in [1.807, 2.05) is 0 Å². The smallest absolute Gasteiger partial charge is 0.416 e. The normalized spacial score (nSPS) is 21.1. The highest BCUT2D eigenvalue weighted by Gasteiger charge is 2.56. The number of nitrogens with one attached hydrogen (secondary N) is 1. The van der Waals surface area contributed by atoms with E-state index in [0.717, 1.165) is 0 Å². The van der Waals surface area contributed by atoms with Crippen LogP contribution < -0.4 is 0 Å². The van der Waals surface area contributed by atoms with Gasteiger partial charge in [0.15, 0.2) is 4.87 Å². The topological polar surface area (TPSA) is 97.0 Å². The maximum absolute atomic E-state index is 13.9. The van der Waals surface area contributed by atoms with Gasteiger partial charge in [0.05, 0.1) is 38.0 Å². The Bertz CT molecular complexity index is 1110. The number of ether oxygens (including phenoxy) is 3. The number of nitrogens with zero attached hydrogens (tertiary/aromatic N) is 3. The maximum atomic E-state index is 13.9. The number of halogens is 1. The number of aromatic nitrogens is 2. The minimum atomic E-state index is -1.14. The molecule has 1 N–H and O–H groups in total. The molecule has 1 saturated heterocycles. The second-order valence-corrected chi connectivity index (χ2v) is 10.7. The molecule has 2 aliphatic heterocycles. The molecule has 0 spiro atoms. The zero-order valence-electron chi connectivity index (χ0n) is 20.9. The molecule has 0 radical (unpaired) electrons. The lowest BCUT2D eigenvalue weighted by molar-refractivity contribution is -0.140. The molecule has 2 aromatic rings. The van der Waals surface area contributed by atoms with Gasteiger partial charge < -0.3 is 19.2 Å². The lowest BCUT2D eigenvalue weighted by atomic mass is 10.1. The van der Waals surface area contributed by atoms with Crippen LogP contribution in [0.15, 0.2) is 42.5 Å². The van der Waals surface area contributed by atoms with E-state index in [1.165, 1.54) is 35.1 Å². The van der Waals surface area contributed by atoms with E-state index in [4.69, 9.17) is 14.2 Å². The van der Waals surface area contributed by atoms with Crippen LogP contribution in [0.25, 0.3) is 4.91 Å². The second kappa shape index (κ2) is 10.6. The van der Waals surface area contributed by atoms with Crippen LogP contribution in [0, 0.1) is 5.82 Å². The summed E-state index contributed by atoms with van der Waals surface area (Å²) in [6, 6.07) is 5.81. The minimum Gasteiger partial charge on any atom is -0.461 e. The number of hydrogen-bond acceptors (Lipinski definition) is 8. The molecule has 1 atom stereocenters. The molecule has 2 aliphatic rings. The highest BCUT2D eigenvalue weighted by atomic mass is 32.2. The maximum Gasteiger partial charge on any atom is 0.416 e. The van der Waals surface area contributed by atoms with Crippen molar-refractivity contribution in [2.24, 2.45) is 0 Å². The zero-order chi connectivity index (χ0) is 25.9. The summed E-state index contributed by atoms with van der Waals surface area (Å²) in [6.45, 7) is 9.89. The molecular weight excluding hydrogens is 487 g/mol. The fourth-order valence-electron chi connectivity index (χ4n) is 4.17. The Labute approximate surface area is 214 Å². The predicted octanol–water partition coefficient (Wildman–Crippen LogP) is 3.95. The van der Waals surface area contributed by atoms with Gasteiger partial charge in [-0.15, -0.1) is 0 Å². The lowest BCUT2D eigenvalue weighted by Crippen LogP contribution is -2.54. The van der Waals surface area contributed by atoms with Gasteiger partial charge in [0.1, 0.15) is 17.1 Å². The monoisotopic (exact) mass is 518 g/mol. The van der Waals surface area contributed by atoms with Gasteiger partial charge >= 0.3 is 12.1 Å². The first-order chi connectivity index (χ1) is 17.1. The third-order valence-corrected chi connectivity index (χ3v) is 7.19. The molecule has 0 saturated carbocycles. The summed E-state index contributed by atoms with van der Waals surface area (Å²) >= 11 is 1.32. The number of H-pyrrole nitrogens is 1. The third kappa shape index (κ3) is 5.42. The van der Waals surface area contributed by atoms with Gasteiger partial charge in [0, 0.05) is 24.5 Å². The van der Waals surface area contributed by atoms with Gasteiger partial charge in [0.2, 0.25) is 0 Å². The van der Waals surface area contributed by atoms with Gasteiger partial charge in [-0.1, -0.05) is 23.9 Å². The third-order valence-electron chi connectivity index (χ3n) is 5.68. The average Bonchev–Trinajstić information content (AvgIpc) is 3.47. The fourth-order valence-corrected chi connectivity index (χ4v) is 5.76. The lowest BCUT2D eigenvalue weighted by Gasteiger charge is -2.42. The van der Waals surface area contributed by atoms with Crippen molar-refractivity contribution in [1.29, 1.82) is 0 Å². The molecule has 11 heteroatoms. The molecule has 1 aromatic carbocycles. The number of imidazole rings is 1. The van der Waals surface area contributed by atoms with Crippen LogP contribution in [0.2, 0.25) is 0 Å². The summed E-state index contributed by atoms with van der Waals surface area (Å²) in [5, 5.41) is 0. The molecule has 0 bridgehead atoms. The van der Waals surface area contributed by atoms with Crippen molar-refractivity contribution >= 4 is 28.7 Å². The Kier molecular flexibility index (Phi) is 7.72. The number of thioether (sulfide) groups is 1. The Balaban J connectivity index is 1.92. The van der Waals surface area contributed by atoms with Crippen molar-refractivity contribution in [2.75, 3.05) is 39.5 Å². The van der Waals surface area contributed by atoms with E-state index in [-0.39, 0.29) is 12.3 Å². The minimum absolute atomic E-state index is 0.0468. The SMILES string of the molecule is CCOC(=O)C1=C(c2ccc(F)cc2)SC(CN2CCOCC2)(c2cnc[nH]2)N1C(=O)OC(C)(C)C. The molecule has 194 valence electrons. The highest BCUT2D eigenvalue weighted by molar-refractivity contribution is 8.09. The van der Waals surface area contributed by atoms with E-state index in [9.17, 15) is 14.0 Å². The Hall–Kier alpha value is -2.89. The van der Waals surface area contributed by atoms with Gasteiger partial charge in [0.25, 0.3) is 0 Å². The molecule has 0 aliphatic carbocycles. The Morgan fingerprint density at radius 1 is 1.22 bits per heavy atom.